The van der Waals surface area contributed by atoms with Gasteiger partial charge in [-0.1, -0.05) is 69.0 Å². The van der Waals surface area contributed by atoms with Gasteiger partial charge in [-0.3, -0.25) is 9.52 Å². The van der Waals surface area contributed by atoms with Crippen LogP contribution in [0.5, 0.6) is 0 Å². The van der Waals surface area contributed by atoms with Gasteiger partial charge < -0.3 is 9.63 Å². The minimum Gasteiger partial charge on any atom is -0.481 e. The highest BCUT2D eigenvalue weighted by Gasteiger charge is 2.23. The summed E-state index contributed by atoms with van der Waals surface area (Å²) in [5.41, 5.74) is 0. The van der Waals surface area contributed by atoms with Crippen LogP contribution in [-0.4, -0.2) is 27.0 Å². The van der Waals surface area contributed by atoms with Crippen LogP contribution in [0.4, 0.5) is 0 Å². The highest BCUT2D eigenvalue weighted by atomic mass is 32.2. The zero-order chi connectivity index (χ0) is 17.2. The maximum Gasteiger partial charge on any atom is 0.304 e. The van der Waals surface area contributed by atoms with Gasteiger partial charge in [-0.05, 0) is 12.3 Å². The van der Waals surface area contributed by atoms with Crippen molar-refractivity contribution in [1.29, 1.82) is 0 Å². The number of hydrogen-bond acceptors (Lipinski definition) is 6. The van der Waals surface area contributed by atoms with E-state index in [9.17, 15) is 4.79 Å². The molecule has 1 heterocycles. The van der Waals surface area contributed by atoms with Crippen molar-refractivity contribution < 1.29 is 14.4 Å². The summed E-state index contributed by atoms with van der Waals surface area (Å²) in [7, 11) is 0. The fourth-order valence-electron chi connectivity index (χ4n) is 3.38. The first-order chi connectivity index (χ1) is 11.7. The lowest BCUT2D eigenvalue weighted by Gasteiger charge is -2.21. The maximum atomic E-state index is 11.2. The number of aromatic nitrogens is 2. The molecule has 0 spiro atoms. The standard InChI is InChI=1S/C17H29N3O3S/c1-2-24-18-12-15-19-17(23-20-15)14(11-16(21)22)10-6-9-13-7-4-3-5-8-13/h13-14,18H,2-12H2,1H3,(H,21,22). The van der Waals surface area contributed by atoms with E-state index < -0.39 is 5.97 Å². The quantitative estimate of drug-likeness (QED) is 0.455. The summed E-state index contributed by atoms with van der Waals surface area (Å²) in [6.07, 6.45) is 9.80. The maximum absolute atomic E-state index is 11.2. The smallest absolute Gasteiger partial charge is 0.304 e. The van der Waals surface area contributed by atoms with Gasteiger partial charge in [0.05, 0.1) is 13.0 Å². The van der Waals surface area contributed by atoms with E-state index in [2.05, 4.69) is 21.8 Å². The summed E-state index contributed by atoms with van der Waals surface area (Å²) in [6, 6.07) is 0. The first-order valence-electron chi connectivity index (χ1n) is 9.08. The fraction of sp³-hybridized carbons (Fsp3) is 0.824. The van der Waals surface area contributed by atoms with E-state index in [1.807, 2.05) is 0 Å². The van der Waals surface area contributed by atoms with Crippen LogP contribution in [0.15, 0.2) is 4.52 Å². The SMILES string of the molecule is CCSNCc1noc(C(CCCC2CCCCC2)CC(=O)O)n1. The van der Waals surface area contributed by atoms with Crippen molar-refractivity contribution in [1.82, 2.24) is 14.9 Å². The zero-order valence-electron chi connectivity index (χ0n) is 14.5. The van der Waals surface area contributed by atoms with Crippen LogP contribution in [0.2, 0.25) is 0 Å². The Balaban J connectivity index is 1.83. The minimum absolute atomic E-state index is 0.0590. The summed E-state index contributed by atoms with van der Waals surface area (Å²) in [5.74, 6) is 1.86. The lowest BCUT2D eigenvalue weighted by molar-refractivity contribution is -0.137. The summed E-state index contributed by atoms with van der Waals surface area (Å²) in [6.45, 7) is 2.60. The number of nitrogens with zero attached hydrogens (tertiary/aromatic N) is 2. The van der Waals surface area contributed by atoms with Gasteiger partial charge >= 0.3 is 5.97 Å². The second-order valence-electron chi connectivity index (χ2n) is 6.53. The van der Waals surface area contributed by atoms with Crippen LogP contribution in [0.25, 0.3) is 0 Å². The van der Waals surface area contributed by atoms with E-state index in [0.29, 0.717) is 18.3 Å². The van der Waals surface area contributed by atoms with Gasteiger partial charge in [0.25, 0.3) is 0 Å². The third kappa shape index (κ3) is 6.81. The van der Waals surface area contributed by atoms with E-state index >= 15 is 0 Å². The predicted octanol–water partition coefficient (Wildman–Crippen LogP) is 4.14. The average molecular weight is 356 g/mol. The molecule has 6 nitrogen and oxygen atoms in total. The molecule has 2 rings (SSSR count). The van der Waals surface area contributed by atoms with Gasteiger partial charge in [-0.2, -0.15) is 4.98 Å². The summed E-state index contributed by atoms with van der Waals surface area (Å²) >= 11 is 1.60. The lowest BCUT2D eigenvalue weighted by Crippen LogP contribution is -2.10. The molecule has 0 amide bonds. The molecule has 136 valence electrons. The summed E-state index contributed by atoms with van der Waals surface area (Å²) in [5, 5.41) is 13.1. The molecule has 0 saturated heterocycles. The second kappa shape index (κ2) is 10.7. The second-order valence-corrected chi connectivity index (χ2v) is 7.69. The number of rotatable bonds is 11. The molecule has 1 aliphatic rings. The van der Waals surface area contributed by atoms with Gasteiger partial charge in [0.1, 0.15) is 0 Å². The Kier molecular flexibility index (Phi) is 8.59. The van der Waals surface area contributed by atoms with Crippen LogP contribution in [0.3, 0.4) is 0 Å². The zero-order valence-corrected chi connectivity index (χ0v) is 15.3. The van der Waals surface area contributed by atoms with Crippen LogP contribution < -0.4 is 4.72 Å². The Hall–Kier alpha value is -1.08. The molecular formula is C17H29N3O3S. The van der Waals surface area contributed by atoms with E-state index in [-0.39, 0.29) is 12.3 Å². The number of aliphatic carboxylic acids is 1. The van der Waals surface area contributed by atoms with Crippen molar-refractivity contribution in [3.05, 3.63) is 11.7 Å². The monoisotopic (exact) mass is 355 g/mol. The molecule has 1 unspecified atom stereocenters. The van der Waals surface area contributed by atoms with Crippen LogP contribution in [-0.2, 0) is 11.3 Å². The third-order valence-electron chi connectivity index (χ3n) is 4.62. The fourth-order valence-corrected chi connectivity index (χ4v) is 3.81. The molecule has 1 aromatic heterocycles. The van der Waals surface area contributed by atoms with Gasteiger partial charge in [0.15, 0.2) is 5.82 Å². The van der Waals surface area contributed by atoms with Gasteiger partial charge in [0, 0.05) is 11.7 Å². The number of carboxylic acid groups (broad SMARTS) is 1. The highest BCUT2D eigenvalue weighted by molar-refractivity contribution is 7.97. The van der Waals surface area contributed by atoms with Crippen molar-refractivity contribution in [2.45, 2.75) is 77.2 Å². The Labute approximate surface area is 148 Å². The molecule has 0 aliphatic heterocycles. The van der Waals surface area contributed by atoms with Crippen molar-refractivity contribution in [3.8, 4) is 0 Å². The molecule has 24 heavy (non-hydrogen) atoms. The first kappa shape index (κ1) is 19.2. The van der Waals surface area contributed by atoms with Crippen molar-refractivity contribution in [2.75, 3.05) is 5.75 Å². The number of hydrogen-bond donors (Lipinski definition) is 2. The van der Waals surface area contributed by atoms with Crippen LogP contribution in [0, 0.1) is 5.92 Å². The van der Waals surface area contributed by atoms with E-state index in [1.165, 1.54) is 38.5 Å². The number of nitrogens with one attached hydrogen (secondary N) is 1. The molecule has 1 fully saturated rings. The molecule has 1 atom stereocenters. The molecule has 1 aliphatic carbocycles. The van der Waals surface area contributed by atoms with E-state index in [4.69, 9.17) is 9.63 Å². The first-order valence-corrected chi connectivity index (χ1v) is 10.1. The Bertz CT molecular complexity index is 489. The van der Waals surface area contributed by atoms with Crippen molar-refractivity contribution in [2.24, 2.45) is 5.92 Å². The molecule has 2 N–H and O–H groups in total. The predicted molar refractivity (Wildman–Crippen MR) is 94.7 cm³/mol. The molecule has 7 heteroatoms. The summed E-state index contributed by atoms with van der Waals surface area (Å²) < 4.78 is 8.47. The number of carboxylic acids is 1. The molecule has 0 aromatic carbocycles. The topological polar surface area (TPSA) is 88.2 Å². The highest BCUT2D eigenvalue weighted by Crippen LogP contribution is 2.31. The van der Waals surface area contributed by atoms with E-state index in [0.717, 1.165) is 24.5 Å². The minimum atomic E-state index is -0.808. The molecule has 1 aromatic rings. The lowest BCUT2D eigenvalue weighted by atomic mass is 9.84. The molecule has 1 saturated carbocycles. The largest absolute Gasteiger partial charge is 0.481 e. The van der Waals surface area contributed by atoms with Gasteiger partial charge in [-0.25, -0.2) is 0 Å². The average Bonchev–Trinajstić information content (AvgIpc) is 3.04. The Morgan fingerprint density at radius 3 is 2.92 bits per heavy atom. The normalized spacial score (nSPS) is 17.0. The molecule has 0 radical (unpaired) electrons. The third-order valence-corrected chi connectivity index (χ3v) is 5.26. The molecule has 0 bridgehead atoms. The van der Waals surface area contributed by atoms with Gasteiger partial charge in [-0.15, -0.1) is 0 Å². The van der Waals surface area contributed by atoms with Gasteiger partial charge in [0.2, 0.25) is 5.89 Å². The number of carbonyl (C=O) groups is 1. The van der Waals surface area contributed by atoms with Crippen molar-refractivity contribution in [3.63, 3.8) is 0 Å². The van der Waals surface area contributed by atoms with E-state index in [1.54, 1.807) is 11.9 Å². The Morgan fingerprint density at radius 2 is 2.21 bits per heavy atom. The van der Waals surface area contributed by atoms with Crippen LogP contribution >= 0.6 is 11.9 Å². The van der Waals surface area contributed by atoms with Crippen LogP contribution in [0.1, 0.15) is 82.3 Å². The summed E-state index contributed by atoms with van der Waals surface area (Å²) in [4.78, 5) is 15.5. The molecular weight excluding hydrogens is 326 g/mol. The van der Waals surface area contributed by atoms with Crippen molar-refractivity contribution >= 4 is 17.9 Å². The Morgan fingerprint density at radius 1 is 1.42 bits per heavy atom.